The van der Waals surface area contributed by atoms with Crippen molar-refractivity contribution in [1.82, 2.24) is 9.80 Å². The highest BCUT2D eigenvalue weighted by Gasteiger charge is 2.46. The molecule has 194 valence electrons. The number of nitrogens with zero attached hydrogens (tertiary/aromatic N) is 2. The molecule has 0 aliphatic carbocycles. The molecule has 1 saturated heterocycles. The number of carbonyl (C=O) groups is 2. The summed E-state index contributed by atoms with van der Waals surface area (Å²) in [7, 11) is 6.84. The van der Waals surface area contributed by atoms with E-state index in [-0.39, 0.29) is 17.4 Å². The van der Waals surface area contributed by atoms with Crippen LogP contribution >= 0.6 is 0 Å². The van der Waals surface area contributed by atoms with Crippen molar-refractivity contribution in [3.05, 3.63) is 58.2 Å². The maximum Gasteiger partial charge on any atom is 0.295 e. The number of Topliss-reactive ketones (excluding diaryl/α,β-unsaturated/α-hetero) is 1. The molecule has 2 aromatic rings. The summed E-state index contributed by atoms with van der Waals surface area (Å²) < 4.78 is 17.0. The first-order valence-electron chi connectivity index (χ1n) is 11.9. The molecule has 0 radical (unpaired) electrons. The van der Waals surface area contributed by atoms with E-state index in [9.17, 15) is 14.7 Å². The van der Waals surface area contributed by atoms with Crippen molar-refractivity contribution < 1.29 is 28.9 Å². The van der Waals surface area contributed by atoms with E-state index in [0.717, 1.165) is 11.1 Å². The number of benzene rings is 2. The molecule has 1 atom stereocenters. The van der Waals surface area contributed by atoms with Crippen molar-refractivity contribution in [3.63, 3.8) is 0 Å². The van der Waals surface area contributed by atoms with Crippen LogP contribution in [0.1, 0.15) is 42.1 Å². The second kappa shape index (κ2) is 11.0. The lowest BCUT2D eigenvalue weighted by molar-refractivity contribution is -0.140. The Labute approximate surface area is 213 Å². The van der Waals surface area contributed by atoms with Gasteiger partial charge in [-0.3, -0.25) is 9.59 Å². The van der Waals surface area contributed by atoms with Gasteiger partial charge in [-0.1, -0.05) is 12.1 Å². The van der Waals surface area contributed by atoms with Crippen LogP contribution in [0.3, 0.4) is 0 Å². The smallest absolute Gasteiger partial charge is 0.295 e. The molecule has 1 aliphatic rings. The van der Waals surface area contributed by atoms with E-state index in [2.05, 4.69) is 0 Å². The zero-order valence-corrected chi connectivity index (χ0v) is 22.3. The van der Waals surface area contributed by atoms with Gasteiger partial charge in [0.05, 0.1) is 37.5 Å². The molecule has 36 heavy (non-hydrogen) atoms. The van der Waals surface area contributed by atoms with Crippen LogP contribution in [0, 0.1) is 13.8 Å². The number of carbonyl (C=O) groups excluding carboxylic acids is 2. The third kappa shape index (κ3) is 5.33. The predicted octanol–water partition coefficient (Wildman–Crippen LogP) is 4.09. The lowest BCUT2D eigenvalue weighted by atomic mass is 9.93. The van der Waals surface area contributed by atoms with Crippen molar-refractivity contribution in [2.24, 2.45) is 0 Å². The third-order valence-electron chi connectivity index (χ3n) is 6.07. The largest absolute Gasteiger partial charge is 0.507 e. The second-order valence-corrected chi connectivity index (χ2v) is 9.54. The van der Waals surface area contributed by atoms with Gasteiger partial charge in [0.15, 0.2) is 11.5 Å². The Morgan fingerprint density at radius 3 is 2.33 bits per heavy atom. The second-order valence-electron chi connectivity index (χ2n) is 9.54. The summed E-state index contributed by atoms with van der Waals surface area (Å²) in [6, 6.07) is 8.19. The fourth-order valence-corrected chi connectivity index (χ4v) is 4.52. The number of amides is 1. The Bertz CT molecular complexity index is 1180. The summed E-state index contributed by atoms with van der Waals surface area (Å²) in [6.07, 6.45) is -0.0625. The summed E-state index contributed by atoms with van der Waals surface area (Å²) in [6.45, 7) is 8.45. The maximum absolute atomic E-state index is 13.4. The highest BCUT2D eigenvalue weighted by Crippen LogP contribution is 2.43. The van der Waals surface area contributed by atoms with Gasteiger partial charge in [0.25, 0.3) is 11.7 Å². The summed E-state index contributed by atoms with van der Waals surface area (Å²) in [4.78, 5) is 30.0. The van der Waals surface area contributed by atoms with E-state index in [1.165, 1.54) is 19.1 Å². The number of likely N-dealkylation sites (tertiary alicyclic amines) is 1. The Morgan fingerprint density at radius 2 is 1.75 bits per heavy atom. The molecule has 1 amide bonds. The van der Waals surface area contributed by atoms with Crippen LogP contribution in [0.4, 0.5) is 0 Å². The first kappa shape index (κ1) is 27.1. The molecule has 1 unspecified atom stereocenters. The van der Waals surface area contributed by atoms with Crippen LogP contribution in [-0.2, 0) is 9.59 Å². The highest BCUT2D eigenvalue weighted by molar-refractivity contribution is 6.46. The normalized spacial score (nSPS) is 17.3. The molecule has 2 aromatic carbocycles. The summed E-state index contributed by atoms with van der Waals surface area (Å²) in [5, 5.41) is 11.5. The zero-order valence-electron chi connectivity index (χ0n) is 22.3. The minimum Gasteiger partial charge on any atom is -0.507 e. The minimum atomic E-state index is -0.808. The van der Waals surface area contributed by atoms with E-state index in [1.54, 1.807) is 24.3 Å². The van der Waals surface area contributed by atoms with Crippen LogP contribution in [0.15, 0.2) is 35.9 Å². The van der Waals surface area contributed by atoms with Gasteiger partial charge in [0, 0.05) is 13.1 Å². The van der Waals surface area contributed by atoms with Gasteiger partial charge in [-0.05, 0) is 76.7 Å². The van der Waals surface area contributed by atoms with Crippen LogP contribution in [0.5, 0.6) is 17.2 Å². The van der Waals surface area contributed by atoms with Crippen LogP contribution in [-0.4, -0.2) is 74.1 Å². The summed E-state index contributed by atoms with van der Waals surface area (Å²) >= 11 is 0. The van der Waals surface area contributed by atoms with E-state index < -0.39 is 17.7 Å². The van der Waals surface area contributed by atoms with E-state index in [4.69, 9.17) is 14.2 Å². The number of ether oxygens (including phenoxy) is 3. The van der Waals surface area contributed by atoms with Gasteiger partial charge < -0.3 is 29.1 Å². The lowest BCUT2D eigenvalue weighted by Crippen LogP contribution is -2.35. The number of hydrogen-bond acceptors (Lipinski definition) is 7. The van der Waals surface area contributed by atoms with Crippen LogP contribution < -0.4 is 14.2 Å². The Balaban J connectivity index is 2.26. The van der Waals surface area contributed by atoms with Gasteiger partial charge >= 0.3 is 0 Å². The number of rotatable bonds is 9. The molecule has 1 heterocycles. The molecule has 0 aromatic heterocycles. The number of aliphatic hydroxyl groups is 1. The fourth-order valence-electron chi connectivity index (χ4n) is 4.52. The molecule has 8 nitrogen and oxygen atoms in total. The van der Waals surface area contributed by atoms with Crippen LogP contribution in [0.2, 0.25) is 0 Å². The van der Waals surface area contributed by atoms with Gasteiger partial charge in [-0.25, -0.2) is 0 Å². The average molecular weight is 497 g/mol. The molecule has 1 fully saturated rings. The molecule has 1 N–H and O–H groups in total. The molecular weight excluding hydrogens is 460 g/mol. The number of methoxy groups -OCH3 is 2. The van der Waals surface area contributed by atoms with Gasteiger partial charge in [-0.15, -0.1) is 0 Å². The molecule has 0 saturated carbocycles. The Hall–Kier alpha value is -3.52. The van der Waals surface area contributed by atoms with Crippen molar-refractivity contribution in [3.8, 4) is 17.2 Å². The first-order valence-corrected chi connectivity index (χ1v) is 11.9. The first-order chi connectivity index (χ1) is 17.0. The average Bonchev–Trinajstić information content (AvgIpc) is 3.06. The van der Waals surface area contributed by atoms with Crippen molar-refractivity contribution in [2.45, 2.75) is 39.8 Å². The van der Waals surface area contributed by atoms with Gasteiger partial charge in [-0.2, -0.15) is 0 Å². The number of aliphatic hydroxyl groups excluding tert-OH is 1. The lowest BCUT2D eigenvalue weighted by Gasteiger charge is -2.27. The number of ketones is 1. The topological polar surface area (TPSA) is 88.5 Å². The van der Waals surface area contributed by atoms with E-state index >= 15 is 0 Å². The standard InChI is InChI=1S/C28H36N2O6/c1-16(2)36-21-10-9-19(15-22(21)34-7)24-23(26(32)28(33)30(24)12-11-29(5)6)25(31)20-14-17(3)13-18(4)27(20)35-8/h9-10,13-16,24,31H,11-12H2,1-8H3/b25-23+. The van der Waals surface area contributed by atoms with Crippen molar-refractivity contribution in [2.75, 3.05) is 41.4 Å². The van der Waals surface area contributed by atoms with Gasteiger partial charge in [0.1, 0.15) is 11.5 Å². The number of likely N-dealkylation sites (N-methyl/N-ethyl adjacent to an activating group) is 1. The molecule has 3 rings (SSSR count). The number of aryl methyl sites for hydroxylation is 2. The minimum absolute atomic E-state index is 0.0154. The molecule has 1 aliphatic heterocycles. The Morgan fingerprint density at radius 1 is 1.06 bits per heavy atom. The molecule has 0 spiro atoms. The predicted molar refractivity (Wildman–Crippen MR) is 139 cm³/mol. The fraction of sp³-hybridized carbons (Fsp3) is 0.429. The quantitative estimate of drug-likeness (QED) is 0.318. The van der Waals surface area contributed by atoms with E-state index in [0.29, 0.717) is 41.5 Å². The molecule has 0 bridgehead atoms. The van der Waals surface area contributed by atoms with Crippen molar-refractivity contribution >= 4 is 17.4 Å². The van der Waals surface area contributed by atoms with Crippen LogP contribution in [0.25, 0.3) is 5.76 Å². The number of hydrogen-bond donors (Lipinski definition) is 1. The van der Waals surface area contributed by atoms with E-state index in [1.807, 2.05) is 52.8 Å². The van der Waals surface area contributed by atoms with Gasteiger partial charge in [0.2, 0.25) is 0 Å². The monoisotopic (exact) mass is 496 g/mol. The maximum atomic E-state index is 13.4. The molecule has 8 heteroatoms. The summed E-state index contributed by atoms with van der Waals surface area (Å²) in [5.41, 5.74) is 2.73. The molecular formula is C28H36N2O6. The third-order valence-corrected chi connectivity index (χ3v) is 6.07. The SMILES string of the molecule is COc1cc(C2/C(=C(\O)c3cc(C)cc(C)c3OC)C(=O)C(=O)N2CCN(C)C)ccc1OC(C)C. The van der Waals surface area contributed by atoms with Crippen molar-refractivity contribution in [1.29, 1.82) is 0 Å². The zero-order chi connectivity index (χ0) is 26.7. The Kier molecular flexibility index (Phi) is 8.30. The summed E-state index contributed by atoms with van der Waals surface area (Å²) in [5.74, 6) is -0.182. The highest BCUT2D eigenvalue weighted by atomic mass is 16.5.